The second-order valence-electron chi connectivity index (χ2n) is 7.16. The Kier molecular flexibility index (Phi) is 6.22. The molecule has 1 fully saturated rings. The molecule has 1 aliphatic rings. The lowest BCUT2D eigenvalue weighted by atomic mass is 9.95. The molecule has 1 heterocycles. The molecule has 1 N–H and O–H groups in total. The molecule has 0 atom stereocenters. The van der Waals surface area contributed by atoms with Crippen LogP contribution >= 0.6 is 0 Å². The molecular weight excluding hydrogens is 343 g/mol. The molecule has 3 rings (SSSR count). The lowest BCUT2D eigenvalue weighted by Crippen LogP contribution is -2.43. The molecule has 2 aromatic rings. The summed E-state index contributed by atoms with van der Waals surface area (Å²) >= 11 is 0. The number of rotatable bonds is 5. The lowest BCUT2D eigenvalue weighted by molar-refractivity contribution is -0.135. The van der Waals surface area contributed by atoms with Gasteiger partial charge in [-0.15, -0.1) is 0 Å². The van der Waals surface area contributed by atoms with E-state index in [1.807, 2.05) is 31.2 Å². The number of benzene rings is 2. The minimum atomic E-state index is -0.302. The van der Waals surface area contributed by atoms with Crippen molar-refractivity contribution in [1.29, 1.82) is 0 Å². The monoisotopic (exact) mass is 368 g/mol. The Bertz CT molecular complexity index is 779. The van der Waals surface area contributed by atoms with Crippen molar-refractivity contribution < 1.29 is 14.0 Å². The van der Waals surface area contributed by atoms with Crippen molar-refractivity contribution in [2.75, 3.05) is 13.1 Å². The molecule has 0 bridgehead atoms. The van der Waals surface area contributed by atoms with Crippen molar-refractivity contribution in [3.63, 3.8) is 0 Å². The fraction of sp³-hybridized carbons (Fsp3) is 0.364. The molecule has 4 nitrogen and oxygen atoms in total. The number of nitrogens with one attached hydrogen (secondary N) is 1. The normalized spacial score (nSPS) is 14.8. The first kappa shape index (κ1) is 19.1. The third-order valence-electron chi connectivity index (χ3n) is 5.07. The summed E-state index contributed by atoms with van der Waals surface area (Å²) in [5.41, 5.74) is 3.09. The van der Waals surface area contributed by atoms with Gasteiger partial charge in [0.25, 0.3) is 0 Å². The third-order valence-corrected chi connectivity index (χ3v) is 5.07. The number of carbonyl (C=O) groups excluding carboxylic acids is 2. The van der Waals surface area contributed by atoms with Crippen molar-refractivity contribution in [3.05, 3.63) is 71.0 Å². The summed E-state index contributed by atoms with van der Waals surface area (Å²) in [6, 6.07) is 14.1. The molecule has 0 radical (unpaired) electrons. The second-order valence-corrected chi connectivity index (χ2v) is 7.16. The third kappa shape index (κ3) is 5.39. The number of amides is 2. The molecule has 0 aliphatic carbocycles. The van der Waals surface area contributed by atoms with Gasteiger partial charge in [0, 0.05) is 25.6 Å². The Morgan fingerprint density at radius 2 is 1.59 bits per heavy atom. The Morgan fingerprint density at radius 3 is 2.22 bits per heavy atom. The smallest absolute Gasteiger partial charge is 0.226 e. The number of piperidine rings is 1. The first-order valence-electron chi connectivity index (χ1n) is 9.37. The molecule has 27 heavy (non-hydrogen) atoms. The summed E-state index contributed by atoms with van der Waals surface area (Å²) in [5, 5.41) is 3.00. The molecule has 142 valence electrons. The maximum atomic E-state index is 13.0. The maximum absolute atomic E-state index is 13.0. The van der Waals surface area contributed by atoms with Gasteiger partial charge in [-0.1, -0.05) is 42.0 Å². The van der Waals surface area contributed by atoms with Gasteiger partial charge in [0.15, 0.2) is 0 Å². The fourth-order valence-electron chi connectivity index (χ4n) is 3.32. The van der Waals surface area contributed by atoms with E-state index in [-0.39, 0.29) is 30.0 Å². The largest absolute Gasteiger partial charge is 0.352 e. The van der Waals surface area contributed by atoms with E-state index in [1.54, 1.807) is 17.0 Å². The molecular formula is C22H25FN2O2. The van der Waals surface area contributed by atoms with Crippen LogP contribution in [0.5, 0.6) is 0 Å². The van der Waals surface area contributed by atoms with E-state index in [1.165, 1.54) is 17.7 Å². The van der Waals surface area contributed by atoms with Crippen LogP contribution in [0.15, 0.2) is 48.5 Å². The van der Waals surface area contributed by atoms with Crippen molar-refractivity contribution >= 4 is 11.8 Å². The number of likely N-dealkylation sites (tertiary alicyclic amines) is 1. The van der Waals surface area contributed by atoms with E-state index in [0.29, 0.717) is 32.5 Å². The Morgan fingerprint density at radius 1 is 1.00 bits per heavy atom. The zero-order valence-electron chi connectivity index (χ0n) is 15.6. The van der Waals surface area contributed by atoms with Gasteiger partial charge < -0.3 is 10.2 Å². The number of hydrogen-bond acceptors (Lipinski definition) is 2. The van der Waals surface area contributed by atoms with Gasteiger partial charge in [-0.25, -0.2) is 4.39 Å². The first-order chi connectivity index (χ1) is 13.0. The highest BCUT2D eigenvalue weighted by atomic mass is 19.1. The zero-order chi connectivity index (χ0) is 19.2. The second kappa shape index (κ2) is 8.80. The van der Waals surface area contributed by atoms with Gasteiger partial charge in [0.05, 0.1) is 6.42 Å². The SMILES string of the molecule is Cc1ccc(CNC(=O)C2CCN(C(=O)Cc3ccc(F)cc3)CC2)cc1. The van der Waals surface area contributed by atoms with Gasteiger partial charge >= 0.3 is 0 Å². The standard InChI is InChI=1S/C22H25FN2O2/c1-16-2-4-18(5-3-16)15-24-22(27)19-10-12-25(13-11-19)21(26)14-17-6-8-20(23)9-7-17/h2-9,19H,10-15H2,1H3,(H,24,27). The van der Waals surface area contributed by atoms with Crippen LogP contribution in [0.4, 0.5) is 4.39 Å². The highest BCUT2D eigenvalue weighted by Crippen LogP contribution is 2.19. The first-order valence-corrected chi connectivity index (χ1v) is 9.37. The van der Waals surface area contributed by atoms with Crippen molar-refractivity contribution in [1.82, 2.24) is 10.2 Å². The number of hydrogen-bond donors (Lipinski definition) is 1. The van der Waals surface area contributed by atoms with E-state index in [9.17, 15) is 14.0 Å². The molecule has 0 spiro atoms. The van der Waals surface area contributed by atoms with Crippen LogP contribution in [0.3, 0.4) is 0 Å². The van der Waals surface area contributed by atoms with E-state index in [2.05, 4.69) is 5.32 Å². The average molecular weight is 368 g/mol. The highest BCUT2D eigenvalue weighted by Gasteiger charge is 2.27. The van der Waals surface area contributed by atoms with Gasteiger partial charge in [-0.2, -0.15) is 0 Å². The van der Waals surface area contributed by atoms with Crippen LogP contribution in [0.2, 0.25) is 0 Å². The quantitative estimate of drug-likeness (QED) is 0.881. The molecule has 1 saturated heterocycles. The summed E-state index contributed by atoms with van der Waals surface area (Å²) in [6.07, 6.45) is 1.62. The van der Waals surface area contributed by atoms with Crippen LogP contribution < -0.4 is 5.32 Å². The van der Waals surface area contributed by atoms with Gasteiger partial charge in [0.2, 0.25) is 11.8 Å². The summed E-state index contributed by atoms with van der Waals surface area (Å²) in [4.78, 5) is 26.6. The number of carbonyl (C=O) groups is 2. The maximum Gasteiger partial charge on any atom is 0.226 e. The average Bonchev–Trinajstić information content (AvgIpc) is 2.69. The van der Waals surface area contributed by atoms with Gasteiger partial charge in [-0.05, 0) is 43.0 Å². The topological polar surface area (TPSA) is 49.4 Å². The summed E-state index contributed by atoms with van der Waals surface area (Å²) < 4.78 is 13.0. The van der Waals surface area contributed by atoms with Crippen LogP contribution in [-0.4, -0.2) is 29.8 Å². The molecule has 0 saturated carbocycles. The predicted molar refractivity (Wildman–Crippen MR) is 102 cm³/mol. The Labute approximate surface area is 159 Å². The molecule has 2 amide bonds. The van der Waals surface area contributed by atoms with Crippen molar-refractivity contribution in [2.24, 2.45) is 5.92 Å². The number of halogens is 1. The summed E-state index contributed by atoms with van der Waals surface area (Å²) in [5.74, 6) is -0.268. The summed E-state index contributed by atoms with van der Waals surface area (Å²) in [7, 11) is 0. The van der Waals surface area contributed by atoms with Crippen molar-refractivity contribution in [3.8, 4) is 0 Å². The van der Waals surface area contributed by atoms with Crippen LogP contribution in [0, 0.1) is 18.7 Å². The highest BCUT2D eigenvalue weighted by molar-refractivity contribution is 5.81. The molecule has 5 heteroatoms. The van der Waals surface area contributed by atoms with Crippen LogP contribution in [0.1, 0.15) is 29.5 Å². The molecule has 0 unspecified atom stereocenters. The minimum Gasteiger partial charge on any atom is -0.352 e. The Balaban J connectivity index is 1.43. The Hall–Kier alpha value is -2.69. The predicted octanol–water partition coefficient (Wildman–Crippen LogP) is 3.23. The van der Waals surface area contributed by atoms with E-state index in [0.717, 1.165) is 11.1 Å². The molecule has 0 aromatic heterocycles. The zero-order valence-corrected chi connectivity index (χ0v) is 15.6. The number of aryl methyl sites for hydroxylation is 1. The van der Waals surface area contributed by atoms with Crippen LogP contribution in [-0.2, 0) is 22.6 Å². The van der Waals surface area contributed by atoms with Gasteiger partial charge in [0.1, 0.15) is 5.82 Å². The van der Waals surface area contributed by atoms with E-state index >= 15 is 0 Å². The van der Waals surface area contributed by atoms with Gasteiger partial charge in [-0.3, -0.25) is 9.59 Å². The van der Waals surface area contributed by atoms with Crippen molar-refractivity contribution in [2.45, 2.75) is 32.7 Å². The number of nitrogens with zero attached hydrogens (tertiary/aromatic N) is 1. The van der Waals surface area contributed by atoms with E-state index in [4.69, 9.17) is 0 Å². The van der Waals surface area contributed by atoms with E-state index < -0.39 is 0 Å². The summed E-state index contributed by atoms with van der Waals surface area (Å²) in [6.45, 7) is 3.74. The lowest BCUT2D eigenvalue weighted by Gasteiger charge is -2.31. The molecule has 2 aromatic carbocycles. The molecule has 1 aliphatic heterocycles. The van der Waals surface area contributed by atoms with Crippen LogP contribution in [0.25, 0.3) is 0 Å². The minimum absolute atomic E-state index is 0.0279. The fourth-order valence-corrected chi connectivity index (χ4v) is 3.32.